The van der Waals surface area contributed by atoms with Crippen LogP contribution in [0, 0.1) is 0 Å². The summed E-state index contributed by atoms with van der Waals surface area (Å²) in [6.07, 6.45) is 0. The minimum absolute atomic E-state index is 0. The molecular formula is O5SiY2. The van der Waals surface area contributed by atoms with Crippen molar-refractivity contribution in [3.63, 3.8) is 0 Å². The van der Waals surface area contributed by atoms with E-state index in [4.69, 9.17) is 8.92 Å². The fraction of sp³-hybridized carbons (Fsp3) is 0. The molecule has 0 aromatic rings. The standard InChI is InChI=1S/O2Si.3O.2Y/c1-3-2;;;;;/q;3*-2;2*+3. The summed E-state index contributed by atoms with van der Waals surface area (Å²) in [5.74, 6) is 0. The van der Waals surface area contributed by atoms with Gasteiger partial charge in [-0.1, -0.05) is 0 Å². The van der Waals surface area contributed by atoms with Crippen molar-refractivity contribution >= 4 is 9.29 Å². The van der Waals surface area contributed by atoms with E-state index >= 15 is 0 Å². The normalized spacial score (nSPS) is 1.00. The SMILES string of the molecule is O=[Si]=O.[O-2].[O-2].[O-2].[Y+3].[Y+3]. The van der Waals surface area contributed by atoms with Crippen molar-refractivity contribution in [1.29, 1.82) is 0 Å². The van der Waals surface area contributed by atoms with E-state index in [1.807, 2.05) is 0 Å². The van der Waals surface area contributed by atoms with E-state index in [2.05, 4.69) is 0 Å². The van der Waals surface area contributed by atoms with Crippen molar-refractivity contribution in [2.45, 2.75) is 0 Å². The van der Waals surface area contributed by atoms with Gasteiger partial charge in [0.25, 0.3) is 0 Å². The molecule has 0 rings (SSSR count). The molecule has 0 aromatic carbocycles. The maximum absolute atomic E-state index is 8.40. The molecule has 0 aliphatic heterocycles. The average molecular weight is 286 g/mol. The Hall–Kier alpha value is 1.90. The van der Waals surface area contributed by atoms with Gasteiger partial charge in [0.15, 0.2) is 0 Å². The first-order valence-corrected chi connectivity index (χ1v) is 1.22. The molecule has 0 saturated carbocycles. The first-order chi connectivity index (χ1) is 1.41. The third-order valence-electron chi connectivity index (χ3n) is 0. The zero-order chi connectivity index (χ0) is 2.71. The van der Waals surface area contributed by atoms with E-state index in [0.717, 1.165) is 0 Å². The van der Waals surface area contributed by atoms with Gasteiger partial charge in [0.05, 0.1) is 0 Å². The molecule has 0 spiro atoms. The van der Waals surface area contributed by atoms with Crippen LogP contribution in [0.25, 0.3) is 0 Å². The molecule has 0 aliphatic carbocycles. The summed E-state index contributed by atoms with van der Waals surface area (Å²) >= 11 is 0. The molecule has 0 radical (unpaired) electrons. The van der Waals surface area contributed by atoms with E-state index in [-0.39, 0.29) is 81.8 Å². The first-order valence-electron chi connectivity index (χ1n) is 0.408. The minimum atomic E-state index is -1.42. The molecule has 0 N–H and O–H groups in total. The van der Waals surface area contributed by atoms with Gasteiger partial charge in [0.1, 0.15) is 0 Å². The molecule has 8 heteroatoms. The maximum Gasteiger partial charge on any atom is 3.00 e. The van der Waals surface area contributed by atoms with E-state index in [1.165, 1.54) is 0 Å². The zero-order valence-corrected chi connectivity index (χ0v) is 10.4. The van der Waals surface area contributed by atoms with Crippen LogP contribution in [0.2, 0.25) is 0 Å². The van der Waals surface area contributed by atoms with Crippen LogP contribution in [0.1, 0.15) is 0 Å². The van der Waals surface area contributed by atoms with Crippen LogP contribution in [0.4, 0.5) is 0 Å². The minimum Gasteiger partial charge on any atom is -2.00 e. The molecule has 0 saturated heterocycles. The van der Waals surface area contributed by atoms with Gasteiger partial charge in [-0.15, -0.1) is 0 Å². The Morgan fingerprint density at radius 2 is 0.750 bits per heavy atom. The maximum atomic E-state index is 8.40. The summed E-state index contributed by atoms with van der Waals surface area (Å²) in [4.78, 5) is 0. The predicted molar refractivity (Wildman–Crippen MR) is 9.19 cm³/mol. The number of hydrogen-bond donors (Lipinski definition) is 0. The van der Waals surface area contributed by atoms with Crippen molar-refractivity contribution in [1.82, 2.24) is 0 Å². The summed E-state index contributed by atoms with van der Waals surface area (Å²) in [6.45, 7) is 0. The van der Waals surface area contributed by atoms with Crippen LogP contribution >= 0.6 is 0 Å². The van der Waals surface area contributed by atoms with E-state index in [9.17, 15) is 0 Å². The fourth-order valence-electron chi connectivity index (χ4n) is 0. The van der Waals surface area contributed by atoms with Crippen LogP contribution in [0.15, 0.2) is 0 Å². The summed E-state index contributed by atoms with van der Waals surface area (Å²) in [6, 6.07) is 0. The largest absolute Gasteiger partial charge is 3.00 e. The molecule has 40 valence electrons. The van der Waals surface area contributed by atoms with Crippen molar-refractivity contribution in [3.8, 4) is 0 Å². The monoisotopic (exact) mass is 286 g/mol. The van der Waals surface area contributed by atoms with Crippen LogP contribution in [-0.2, 0) is 90.8 Å². The second kappa shape index (κ2) is 65.9. The van der Waals surface area contributed by atoms with E-state index in [0.29, 0.717) is 0 Å². The van der Waals surface area contributed by atoms with Gasteiger partial charge < -0.3 is 16.4 Å². The molecule has 0 aromatic heterocycles. The topological polar surface area (TPSA) is 120 Å². The number of hydrogen-bond acceptors (Lipinski definition) is 2. The van der Waals surface area contributed by atoms with Crippen LogP contribution in [0.3, 0.4) is 0 Å². The van der Waals surface area contributed by atoms with Crippen molar-refractivity contribution < 1.29 is 90.8 Å². The summed E-state index contributed by atoms with van der Waals surface area (Å²) in [5, 5.41) is 0. The average Bonchev–Trinajstić information content (AvgIpc) is 0.918. The fourth-order valence-corrected chi connectivity index (χ4v) is 0. The van der Waals surface area contributed by atoms with Crippen molar-refractivity contribution in [3.05, 3.63) is 0 Å². The summed E-state index contributed by atoms with van der Waals surface area (Å²) in [7, 11) is -1.42. The molecule has 8 heavy (non-hydrogen) atoms. The van der Waals surface area contributed by atoms with Gasteiger partial charge >= 0.3 is 74.7 Å². The Kier molecular flexibility index (Phi) is 425. The van der Waals surface area contributed by atoms with E-state index < -0.39 is 9.29 Å². The smallest absolute Gasteiger partial charge is 2.00 e. The van der Waals surface area contributed by atoms with Gasteiger partial charge in [-0.25, -0.2) is 0 Å². The number of rotatable bonds is 0. The molecule has 0 fully saturated rings. The van der Waals surface area contributed by atoms with Crippen LogP contribution in [0.5, 0.6) is 0 Å². The van der Waals surface area contributed by atoms with Gasteiger partial charge in [0, 0.05) is 0 Å². The van der Waals surface area contributed by atoms with E-state index in [1.54, 1.807) is 0 Å². The van der Waals surface area contributed by atoms with Gasteiger partial charge in [-0.2, -0.15) is 0 Å². The quantitative estimate of drug-likeness (QED) is 0.532. The Balaban J connectivity index is -0.00000000200. The molecule has 0 unspecified atom stereocenters. The third kappa shape index (κ3) is 104. The molecule has 0 heterocycles. The zero-order valence-electron chi connectivity index (χ0n) is 3.70. The Morgan fingerprint density at radius 3 is 0.750 bits per heavy atom. The Labute approximate surface area is 98.6 Å². The van der Waals surface area contributed by atoms with Gasteiger partial charge in [-0.3, -0.25) is 8.92 Å². The summed E-state index contributed by atoms with van der Waals surface area (Å²) in [5.41, 5.74) is 0. The predicted octanol–water partition coefficient (Wildman–Crippen LogP) is -0.980. The molecule has 0 atom stereocenters. The third-order valence-corrected chi connectivity index (χ3v) is 0. The Morgan fingerprint density at radius 1 is 0.750 bits per heavy atom. The summed E-state index contributed by atoms with van der Waals surface area (Å²) < 4.78 is 16.8. The Bertz CT molecular complexity index is 31.4. The van der Waals surface area contributed by atoms with Crippen LogP contribution in [-0.4, -0.2) is 9.29 Å². The molecule has 5 nitrogen and oxygen atoms in total. The van der Waals surface area contributed by atoms with Crippen molar-refractivity contribution in [2.75, 3.05) is 0 Å². The van der Waals surface area contributed by atoms with Crippen molar-refractivity contribution in [2.24, 2.45) is 0 Å². The molecule has 0 bridgehead atoms. The van der Waals surface area contributed by atoms with Gasteiger partial charge in [0.2, 0.25) is 0 Å². The van der Waals surface area contributed by atoms with Crippen LogP contribution < -0.4 is 0 Å². The molecular weight excluding hydrogens is 286 g/mol. The molecule has 0 amide bonds. The first kappa shape index (κ1) is 51.5. The second-order valence-corrected chi connectivity index (χ2v) is 0.250. The second-order valence-electron chi connectivity index (χ2n) is 0.0833. The van der Waals surface area contributed by atoms with Gasteiger partial charge in [-0.05, 0) is 0 Å². The molecule has 0 aliphatic rings.